The molecule has 2 aromatic rings. The predicted molar refractivity (Wildman–Crippen MR) is 109 cm³/mol. The number of aryl methyl sites for hydroxylation is 1. The third-order valence-electron chi connectivity index (χ3n) is 4.57. The molecule has 1 amide bonds. The topological polar surface area (TPSA) is 75.7 Å². The summed E-state index contributed by atoms with van der Waals surface area (Å²) in [5, 5.41) is 3.32. The van der Waals surface area contributed by atoms with E-state index in [2.05, 4.69) is 5.32 Å². The van der Waals surface area contributed by atoms with Gasteiger partial charge < -0.3 is 10.1 Å². The van der Waals surface area contributed by atoms with Crippen molar-refractivity contribution in [2.24, 2.45) is 0 Å². The lowest BCUT2D eigenvalue weighted by Crippen LogP contribution is -2.48. The molecule has 1 saturated heterocycles. The Balaban J connectivity index is 1.75. The highest BCUT2D eigenvalue weighted by Gasteiger charge is 2.32. The Kier molecular flexibility index (Phi) is 6.09. The first kappa shape index (κ1) is 20.8. The number of hydrogen-bond acceptors (Lipinski definition) is 4. The summed E-state index contributed by atoms with van der Waals surface area (Å²) in [5.41, 5.74) is 1.86. The maximum atomic E-state index is 12.9. The van der Waals surface area contributed by atoms with E-state index >= 15 is 0 Å². The largest absolute Gasteiger partial charge is 0.373 e. The second-order valence-electron chi connectivity index (χ2n) is 7.02. The zero-order chi connectivity index (χ0) is 20.5. The van der Waals surface area contributed by atoms with E-state index in [9.17, 15) is 13.2 Å². The van der Waals surface area contributed by atoms with Crippen molar-refractivity contribution in [1.82, 2.24) is 4.31 Å². The number of rotatable bonds is 4. The van der Waals surface area contributed by atoms with Crippen LogP contribution >= 0.6 is 11.6 Å². The van der Waals surface area contributed by atoms with E-state index in [1.165, 1.54) is 28.6 Å². The summed E-state index contributed by atoms with van der Waals surface area (Å²) in [6, 6.07) is 11.2. The molecule has 0 aromatic heterocycles. The first-order valence-electron chi connectivity index (χ1n) is 9.00. The highest BCUT2D eigenvalue weighted by Crippen LogP contribution is 2.23. The monoisotopic (exact) mass is 422 g/mol. The molecule has 6 nitrogen and oxygen atoms in total. The normalized spacial score (nSPS) is 20.7. The molecule has 0 spiro atoms. The number of nitrogens with zero attached hydrogens (tertiary/aromatic N) is 1. The zero-order valence-electron chi connectivity index (χ0n) is 16.0. The lowest BCUT2D eigenvalue weighted by atomic mass is 10.2. The van der Waals surface area contributed by atoms with Crippen LogP contribution in [-0.4, -0.2) is 43.9 Å². The van der Waals surface area contributed by atoms with E-state index in [0.29, 0.717) is 29.4 Å². The molecule has 0 unspecified atom stereocenters. The number of amides is 1. The van der Waals surface area contributed by atoms with E-state index in [1.54, 1.807) is 12.1 Å². The van der Waals surface area contributed by atoms with Gasteiger partial charge in [0.1, 0.15) is 0 Å². The van der Waals surface area contributed by atoms with Gasteiger partial charge in [0.15, 0.2) is 0 Å². The van der Waals surface area contributed by atoms with Gasteiger partial charge in [-0.15, -0.1) is 0 Å². The summed E-state index contributed by atoms with van der Waals surface area (Å²) in [4.78, 5) is 12.6. The molecule has 28 heavy (non-hydrogen) atoms. The Morgan fingerprint density at radius 1 is 1.11 bits per heavy atom. The van der Waals surface area contributed by atoms with Crippen LogP contribution in [0.1, 0.15) is 29.8 Å². The van der Waals surface area contributed by atoms with E-state index in [4.69, 9.17) is 16.3 Å². The smallest absolute Gasteiger partial charge is 0.255 e. The summed E-state index contributed by atoms with van der Waals surface area (Å²) in [6.45, 7) is 6.20. The Bertz CT molecular complexity index is 966. The molecule has 1 aliphatic rings. The van der Waals surface area contributed by atoms with Crippen LogP contribution in [0.2, 0.25) is 5.02 Å². The minimum atomic E-state index is -3.64. The van der Waals surface area contributed by atoms with Crippen LogP contribution in [0.4, 0.5) is 5.69 Å². The van der Waals surface area contributed by atoms with Crippen molar-refractivity contribution in [3.63, 3.8) is 0 Å². The second kappa shape index (κ2) is 8.21. The van der Waals surface area contributed by atoms with Crippen molar-refractivity contribution >= 4 is 33.2 Å². The molecule has 3 rings (SSSR count). The SMILES string of the molecule is Cc1ccc(NC(=O)c2ccc(S(=O)(=O)N3C[C@@H](C)O[C@@H](C)C3)cc2)cc1Cl. The molecule has 1 aliphatic heterocycles. The van der Waals surface area contributed by atoms with Gasteiger partial charge in [-0.2, -0.15) is 4.31 Å². The minimum Gasteiger partial charge on any atom is -0.373 e. The fourth-order valence-electron chi connectivity index (χ4n) is 3.13. The molecule has 1 N–H and O–H groups in total. The Morgan fingerprint density at radius 3 is 2.29 bits per heavy atom. The number of sulfonamides is 1. The highest BCUT2D eigenvalue weighted by molar-refractivity contribution is 7.89. The molecule has 0 saturated carbocycles. The van der Waals surface area contributed by atoms with Crippen molar-refractivity contribution in [3.8, 4) is 0 Å². The molecule has 1 fully saturated rings. The third-order valence-corrected chi connectivity index (χ3v) is 6.82. The van der Waals surface area contributed by atoms with Crippen LogP contribution in [0.5, 0.6) is 0 Å². The van der Waals surface area contributed by atoms with Crippen molar-refractivity contribution in [2.75, 3.05) is 18.4 Å². The number of anilines is 1. The number of benzene rings is 2. The highest BCUT2D eigenvalue weighted by atomic mass is 35.5. The van der Waals surface area contributed by atoms with Crippen LogP contribution in [0, 0.1) is 6.92 Å². The third kappa shape index (κ3) is 4.55. The summed E-state index contributed by atoms with van der Waals surface area (Å²) >= 11 is 6.08. The van der Waals surface area contributed by atoms with E-state index in [0.717, 1.165) is 5.56 Å². The molecule has 2 aromatic carbocycles. The van der Waals surface area contributed by atoms with Gasteiger partial charge in [0, 0.05) is 29.4 Å². The van der Waals surface area contributed by atoms with E-state index in [1.807, 2.05) is 26.8 Å². The van der Waals surface area contributed by atoms with Gasteiger partial charge >= 0.3 is 0 Å². The van der Waals surface area contributed by atoms with E-state index in [-0.39, 0.29) is 23.0 Å². The lowest BCUT2D eigenvalue weighted by molar-refractivity contribution is -0.0440. The number of halogens is 1. The average molecular weight is 423 g/mol. The van der Waals surface area contributed by atoms with Crippen molar-refractivity contribution in [3.05, 3.63) is 58.6 Å². The number of morpholine rings is 1. The average Bonchev–Trinajstić information content (AvgIpc) is 2.64. The molecule has 150 valence electrons. The second-order valence-corrected chi connectivity index (χ2v) is 9.37. The summed E-state index contributed by atoms with van der Waals surface area (Å²) in [5.74, 6) is -0.336. The predicted octanol–water partition coefficient (Wildman–Crippen LogP) is 3.70. The van der Waals surface area contributed by atoms with Crippen molar-refractivity contribution in [2.45, 2.75) is 37.9 Å². The number of carbonyl (C=O) groups is 1. The van der Waals surface area contributed by atoms with Gasteiger partial charge in [-0.1, -0.05) is 17.7 Å². The maximum absolute atomic E-state index is 12.9. The summed E-state index contributed by atoms with van der Waals surface area (Å²) < 4.78 is 32.8. The first-order chi connectivity index (χ1) is 13.2. The molecule has 2 atom stereocenters. The van der Waals surface area contributed by atoms with Gasteiger partial charge in [-0.25, -0.2) is 8.42 Å². The van der Waals surface area contributed by atoms with Crippen LogP contribution < -0.4 is 5.32 Å². The molecule has 8 heteroatoms. The molecule has 0 bridgehead atoms. The fraction of sp³-hybridized carbons (Fsp3) is 0.350. The summed E-state index contributed by atoms with van der Waals surface area (Å²) in [6.07, 6.45) is -0.324. The fourth-order valence-corrected chi connectivity index (χ4v) is 4.90. The van der Waals surface area contributed by atoms with Gasteiger partial charge in [0.25, 0.3) is 5.91 Å². The van der Waals surface area contributed by atoms with Crippen LogP contribution in [0.25, 0.3) is 0 Å². The van der Waals surface area contributed by atoms with Crippen LogP contribution in [-0.2, 0) is 14.8 Å². The standard InChI is InChI=1S/C20H23ClN2O4S/c1-13-4-7-17(10-19(13)21)22-20(24)16-5-8-18(9-6-16)28(25,26)23-11-14(2)27-15(3)12-23/h4-10,14-15H,11-12H2,1-3H3,(H,22,24)/t14-,15+. The zero-order valence-corrected chi connectivity index (χ0v) is 17.5. The quantitative estimate of drug-likeness (QED) is 0.815. The van der Waals surface area contributed by atoms with Crippen LogP contribution in [0.15, 0.2) is 47.4 Å². The Labute approximate surface area is 170 Å². The number of ether oxygens (including phenoxy) is 1. The minimum absolute atomic E-state index is 0.156. The van der Waals surface area contributed by atoms with Crippen molar-refractivity contribution in [1.29, 1.82) is 0 Å². The first-order valence-corrected chi connectivity index (χ1v) is 10.8. The van der Waals surface area contributed by atoms with E-state index < -0.39 is 10.0 Å². The molecule has 0 aliphatic carbocycles. The Morgan fingerprint density at radius 2 is 1.71 bits per heavy atom. The van der Waals surface area contributed by atoms with Gasteiger partial charge in [-0.3, -0.25) is 4.79 Å². The Hall–Kier alpha value is -1.93. The number of nitrogens with one attached hydrogen (secondary N) is 1. The summed E-state index contributed by atoms with van der Waals surface area (Å²) in [7, 11) is -3.64. The van der Waals surface area contributed by atoms with Gasteiger partial charge in [0.2, 0.25) is 10.0 Å². The maximum Gasteiger partial charge on any atom is 0.255 e. The molecule has 0 radical (unpaired) electrons. The number of hydrogen-bond donors (Lipinski definition) is 1. The number of carbonyl (C=O) groups excluding carboxylic acids is 1. The van der Waals surface area contributed by atoms with Gasteiger partial charge in [-0.05, 0) is 62.7 Å². The molecular formula is C20H23ClN2O4S. The molecule has 1 heterocycles. The van der Waals surface area contributed by atoms with Crippen LogP contribution in [0.3, 0.4) is 0 Å². The van der Waals surface area contributed by atoms with Gasteiger partial charge in [0.05, 0.1) is 17.1 Å². The molecular weight excluding hydrogens is 400 g/mol. The van der Waals surface area contributed by atoms with Crippen molar-refractivity contribution < 1.29 is 17.9 Å². The lowest BCUT2D eigenvalue weighted by Gasteiger charge is -2.34.